The van der Waals surface area contributed by atoms with Gasteiger partial charge in [0.15, 0.2) is 11.5 Å². The number of hydrogen-bond donors (Lipinski definition) is 0. The van der Waals surface area contributed by atoms with Crippen molar-refractivity contribution in [3.63, 3.8) is 0 Å². The molecule has 2 aromatic rings. The summed E-state index contributed by atoms with van der Waals surface area (Å²) in [5.74, 6) is 0.00550. The zero-order valence-electron chi connectivity index (χ0n) is 16.0. The Kier molecular flexibility index (Phi) is 5.82. The highest BCUT2D eigenvalue weighted by molar-refractivity contribution is 5.95. The van der Waals surface area contributed by atoms with Gasteiger partial charge in [-0.25, -0.2) is 4.39 Å². The fourth-order valence-electron chi connectivity index (χ4n) is 3.49. The number of benzene rings is 2. The first kappa shape index (κ1) is 19.7. The maximum atomic E-state index is 13.2. The number of esters is 1. The lowest BCUT2D eigenvalue weighted by atomic mass is 9.89. The van der Waals surface area contributed by atoms with Crippen molar-refractivity contribution in [1.82, 2.24) is 4.90 Å². The molecule has 6 nitrogen and oxygen atoms in total. The van der Waals surface area contributed by atoms with Gasteiger partial charge in [-0.15, -0.1) is 0 Å². The van der Waals surface area contributed by atoms with Gasteiger partial charge in [0.25, 0.3) is 5.91 Å². The minimum Gasteiger partial charge on any atom is -0.493 e. The number of methoxy groups -OCH3 is 3. The van der Waals surface area contributed by atoms with Crippen molar-refractivity contribution in [2.24, 2.45) is 0 Å². The van der Waals surface area contributed by atoms with Crippen LogP contribution in [0.4, 0.5) is 4.39 Å². The number of rotatable bonds is 5. The van der Waals surface area contributed by atoms with Gasteiger partial charge in [0.2, 0.25) is 0 Å². The molecule has 3 rings (SSSR count). The molecular weight excluding hydrogens is 365 g/mol. The lowest BCUT2D eigenvalue weighted by Gasteiger charge is -2.37. The second-order valence-electron chi connectivity index (χ2n) is 6.46. The molecule has 0 bridgehead atoms. The number of amides is 1. The van der Waals surface area contributed by atoms with Gasteiger partial charge in [0.05, 0.1) is 33.8 Å². The van der Waals surface area contributed by atoms with Crippen LogP contribution < -0.4 is 9.47 Å². The van der Waals surface area contributed by atoms with Gasteiger partial charge in [-0.2, -0.15) is 0 Å². The number of fused-ring (bicyclic) bond motifs is 1. The number of carbonyl (C=O) groups excluding carboxylic acids is 2. The first-order valence-electron chi connectivity index (χ1n) is 8.86. The summed E-state index contributed by atoms with van der Waals surface area (Å²) in [7, 11) is 4.40. The minimum absolute atomic E-state index is 0.00587. The third-order valence-electron chi connectivity index (χ3n) is 4.94. The fourth-order valence-corrected chi connectivity index (χ4v) is 3.49. The molecule has 2 aromatic carbocycles. The Hall–Kier alpha value is -3.09. The predicted molar refractivity (Wildman–Crippen MR) is 100 cm³/mol. The summed E-state index contributed by atoms with van der Waals surface area (Å²) in [4.78, 5) is 26.7. The summed E-state index contributed by atoms with van der Waals surface area (Å²) in [6.45, 7) is 0.417. The van der Waals surface area contributed by atoms with Gasteiger partial charge in [-0.05, 0) is 53.9 Å². The van der Waals surface area contributed by atoms with Gasteiger partial charge >= 0.3 is 5.97 Å². The minimum atomic E-state index is -0.520. The smallest absolute Gasteiger partial charge is 0.307 e. The second-order valence-corrected chi connectivity index (χ2v) is 6.46. The highest BCUT2D eigenvalue weighted by atomic mass is 19.1. The lowest BCUT2D eigenvalue weighted by molar-refractivity contribution is -0.141. The van der Waals surface area contributed by atoms with Crippen LogP contribution in [0.1, 0.15) is 33.9 Å². The monoisotopic (exact) mass is 387 g/mol. The standard InChI is InChI=1S/C21H22FNO5/c1-26-18-10-14-8-9-23(21(25)13-4-6-15(22)7-5-13)17(12-20(24)28-3)16(14)11-19(18)27-2/h4-7,10-11,17H,8-9,12H2,1-3H3/t17-/m0/s1. The van der Waals surface area contributed by atoms with Crippen molar-refractivity contribution >= 4 is 11.9 Å². The van der Waals surface area contributed by atoms with Crippen LogP contribution in [0.3, 0.4) is 0 Å². The van der Waals surface area contributed by atoms with Crippen molar-refractivity contribution < 1.29 is 28.2 Å². The van der Waals surface area contributed by atoms with Crippen molar-refractivity contribution in [2.45, 2.75) is 18.9 Å². The van der Waals surface area contributed by atoms with E-state index in [-0.39, 0.29) is 12.3 Å². The van der Waals surface area contributed by atoms with Crippen molar-refractivity contribution in [3.05, 3.63) is 58.9 Å². The van der Waals surface area contributed by atoms with E-state index in [1.54, 1.807) is 18.1 Å². The van der Waals surface area contributed by atoms with Crippen molar-refractivity contribution in [3.8, 4) is 11.5 Å². The largest absolute Gasteiger partial charge is 0.493 e. The van der Waals surface area contributed by atoms with E-state index in [1.807, 2.05) is 6.07 Å². The Morgan fingerprint density at radius 1 is 1.07 bits per heavy atom. The van der Waals surface area contributed by atoms with Crippen LogP contribution in [-0.2, 0) is 16.0 Å². The molecule has 0 N–H and O–H groups in total. The average molecular weight is 387 g/mol. The molecule has 0 spiro atoms. The highest BCUT2D eigenvalue weighted by Crippen LogP contribution is 2.40. The van der Waals surface area contributed by atoms with Gasteiger partial charge in [0.1, 0.15) is 5.82 Å². The molecule has 0 fully saturated rings. The van der Waals surface area contributed by atoms with E-state index in [0.717, 1.165) is 11.1 Å². The highest BCUT2D eigenvalue weighted by Gasteiger charge is 2.34. The first-order valence-corrected chi connectivity index (χ1v) is 8.86. The molecule has 0 saturated carbocycles. The Morgan fingerprint density at radius 3 is 2.32 bits per heavy atom. The molecule has 0 radical (unpaired) electrons. The second kappa shape index (κ2) is 8.29. The number of halogens is 1. The van der Waals surface area contributed by atoms with Gasteiger partial charge < -0.3 is 19.1 Å². The Labute approximate surface area is 162 Å². The molecule has 1 amide bonds. The number of carbonyl (C=O) groups is 2. The molecule has 0 aromatic heterocycles. The van der Waals surface area contributed by atoms with Crippen LogP contribution in [0, 0.1) is 5.82 Å². The van der Waals surface area contributed by atoms with E-state index < -0.39 is 17.8 Å². The summed E-state index contributed by atoms with van der Waals surface area (Å²) in [5.41, 5.74) is 2.15. The van der Waals surface area contributed by atoms with Crippen LogP contribution in [0.2, 0.25) is 0 Å². The Morgan fingerprint density at radius 2 is 1.71 bits per heavy atom. The molecule has 1 heterocycles. The molecule has 0 saturated heterocycles. The molecule has 0 aliphatic carbocycles. The average Bonchev–Trinajstić information content (AvgIpc) is 2.72. The molecule has 7 heteroatoms. The SMILES string of the molecule is COC(=O)C[C@H]1c2cc(OC)c(OC)cc2CCN1C(=O)c1ccc(F)cc1. The maximum absolute atomic E-state index is 13.2. The molecule has 1 atom stereocenters. The van der Waals surface area contributed by atoms with E-state index >= 15 is 0 Å². The number of hydrogen-bond acceptors (Lipinski definition) is 5. The van der Waals surface area contributed by atoms with Crippen molar-refractivity contribution in [1.29, 1.82) is 0 Å². The summed E-state index contributed by atoms with van der Waals surface area (Å²) < 4.78 is 28.8. The third kappa shape index (κ3) is 3.78. The van der Waals surface area contributed by atoms with E-state index in [9.17, 15) is 14.0 Å². The summed E-state index contributed by atoms with van der Waals surface area (Å²) in [6, 6.07) is 8.52. The molecule has 1 aliphatic heterocycles. The zero-order valence-corrected chi connectivity index (χ0v) is 16.0. The van der Waals surface area contributed by atoms with Gasteiger partial charge in [-0.1, -0.05) is 0 Å². The predicted octanol–water partition coefficient (Wildman–Crippen LogP) is 3.15. The molecular formula is C21H22FNO5. The Balaban J connectivity index is 2.03. The van der Waals surface area contributed by atoms with Crippen LogP contribution >= 0.6 is 0 Å². The molecule has 1 aliphatic rings. The molecule has 28 heavy (non-hydrogen) atoms. The van der Waals surface area contributed by atoms with Gasteiger partial charge in [-0.3, -0.25) is 9.59 Å². The van der Waals surface area contributed by atoms with Crippen LogP contribution in [-0.4, -0.2) is 44.7 Å². The summed E-state index contributed by atoms with van der Waals surface area (Å²) in [6.07, 6.45) is 0.603. The van der Waals surface area contributed by atoms with E-state index in [1.165, 1.54) is 38.5 Å². The van der Waals surface area contributed by atoms with Crippen molar-refractivity contribution in [2.75, 3.05) is 27.9 Å². The Bertz CT molecular complexity index is 881. The van der Waals surface area contributed by atoms with E-state index in [0.29, 0.717) is 30.0 Å². The molecule has 0 unspecified atom stereocenters. The van der Waals surface area contributed by atoms with Crippen LogP contribution in [0.25, 0.3) is 0 Å². The summed E-state index contributed by atoms with van der Waals surface area (Å²) >= 11 is 0. The van der Waals surface area contributed by atoms with Crippen LogP contribution in [0.15, 0.2) is 36.4 Å². The third-order valence-corrected chi connectivity index (χ3v) is 4.94. The maximum Gasteiger partial charge on any atom is 0.307 e. The fraction of sp³-hybridized carbons (Fsp3) is 0.333. The zero-order chi connectivity index (χ0) is 20.3. The molecule has 148 valence electrons. The number of ether oxygens (including phenoxy) is 3. The number of nitrogens with zero attached hydrogens (tertiary/aromatic N) is 1. The van der Waals surface area contributed by atoms with Gasteiger partial charge in [0, 0.05) is 12.1 Å². The topological polar surface area (TPSA) is 65.1 Å². The normalized spacial score (nSPS) is 15.6. The van der Waals surface area contributed by atoms with E-state index in [4.69, 9.17) is 14.2 Å². The quantitative estimate of drug-likeness (QED) is 0.738. The van der Waals surface area contributed by atoms with Crippen LogP contribution in [0.5, 0.6) is 11.5 Å². The summed E-state index contributed by atoms with van der Waals surface area (Å²) in [5, 5.41) is 0. The van der Waals surface area contributed by atoms with E-state index in [2.05, 4.69) is 0 Å². The lowest BCUT2D eigenvalue weighted by Crippen LogP contribution is -2.41. The first-order chi connectivity index (χ1) is 13.5.